The molecule has 0 radical (unpaired) electrons. The lowest BCUT2D eigenvalue weighted by Crippen LogP contribution is -2.19. The molecule has 0 unspecified atom stereocenters. The number of hydrogen-bond donors (Lipinski definition) is 2. The van der Waals surface area contributed by atoms with E-state index in [9.17, 15) is 13.2 Å². The Kier molecular flexibility index (Phi) is 3.43. The zero-order valence-corrected chi connectivity index (χ0v) is 8.34. The van der Waals surface area contributed by atoms with Gasteiger partial charge in [0.15, 0.2) is 5.75 Å². The predicted octanol–water partition coefficient (Wildman–Crippen LogP) is 1.03. The van der Waals surface area contributed by atoms with Gasteiger partial charge in [0.25, 0.3) is 0 Å². The Labute approximate surface area is 89.1 Å². The molecule has 0 saturated heterocycles. The number of pyridine rings is 1. The highest BCUT2D eigenvalue weighted by Gasteiger charge is 2.32. The van der Waals surface area contributed by atoms with Crippen molar-refractivity contribution in [3.05, 3.63) is 11.8 Å². The number of nitrogen functional groups attached to an aromatic ring is 1. The van der Waals surface area contributed by atoms with Gasteiger partial charge in [0.05, 0.1) is 12.8 Å². The minimum absolute atomic E-state index is 0.00924. The topological polar surface area (TPSA) is 83.4 Å². The SMILES string of the molecule is COc1nc(CN)c(OC(F)(F)F)cc1N. The summed E-state index contributed by atoms with van der Waals surface area (Å²) in [7, 11) is 1.29. The van der Waals surface area contributed by atoms with Crippen LogP contribution in [0.2, 0.25) is 0 Å². The van der Waals surface area contributed by atoms with Crippen LogP contribution in [0.3, 0.4) is 0 Å². The van der Waals surface area contributed by atoms with E-state index >= 15 is 0 Å². The second kappa shape index (κ2) is 4.44. The maximum Gasteiger partial charge on any atom is 0.573 e. The number of nitrogens with zero attached hydrogens (tertiary/aromatic N) is 1. The van der Waals surface area contributed by atoms with Gasteiger partial charge in [0.1, 0.15) is 5.69 Å². The first-order valence-corrected chi connectivity index (χ1v) is 4.16. The maximum atomic E-state index is 12.0. The minimum Gasteiger partial charge on any atom is -0.480 e. The average molecular weight is 237 g/mol. The van der Waals surface area contributed by atoms with Crippen molar-refractivity contribution in [1.82, 2.24) is 4.98 Å². The van der Waals surface area contributed by atoms with Gasteiger partial charge in [-0.3, -0.25) is 0 Å². The van der Waals surface area contributed by atoms with Crippen LogP contribution in [0.25, 0.3) is 0 Å². The van der Waals surface area contributed by atoms with Crippen LogP contribution in [0.5, 0.6) is 11.6 Å². The summed E-state index contributed by atoms with van der Waals surface area (Å²) in [4.78, 5) is 3.70. The number of ether oxygens (including phenoxy) is 2. The van der Waals surface area contributed by atoms with E-state index in [4.69, 9.17) is 16.2 Å². The quantitative estimate of drug-likeness (QED) is 0.820. The Morgan fingerprint density at radius 2 is 2.06 bits per heavy atom. The lowest BCUT2D eigenvalue weighted by atomic mass is 10.3. The Morgan fingerprint density at radius 3 is 2.50 bits per heavy atom. The summed E-state index contributed by atoms with van der Waals surface area (Å²) in [5.74, 6) is -0.511. The van der Waals surface area contributed by atoms with Gasteiger partial charge in [-0.15, -0.1) is 13.2 Å². The van der Waals surface area contributed by atoms with Crippen LogP contribution in [0.1, 0.15) is 5.69 Å². The Morgan fingerprint density at radius 1 is 1.44 bits per heavy atom. The summed E-state index contributed by atoms with van der Waals surface area (Å²) in [5.41, 5.74) is 10.5. The monoisotopic (exact) mass is 237 g/mol. The van der Waals surface area contributed by atoms with Gasteiger partial charge >= 0.3 is 6.36 Å². The summed E-state index contributed by atoms with van der Waals surface area (Å²) >= 11 is 0. The van der Waals surface area contributed by atoms with Crippen molar-refractivity contribution in [3.8, 4) is 11.6 Å². The molecule has 4 N–H and O–H groups in total. The molecular formula is C8H10F3N3O2. The molecule has 0 amide bonds. The Hall–Kier alpha value is -1.70. The number of methoxy groups -OCH3 is 1. The van der Waals surface area contributed by atoms with Crippen molar-refractivity contribution in [1.29, 1.82) is 0 Å². The molecule has 1 heterocycles. The number of anilines is 1. The van der Waals surface area contributed by atoms with Crippen LogP contribution in [0.15, 0.2) is 6.07 Å². The van der Waals surface area contributed by atoms with E-state index in [1.807, 2.05) is 0 Å². The Bertz CT molecular complexity index is 382. The molecule has 1 aromatic rings. The molecule has 0 aliphatic heterocycles. The van der Waals surface area contributed by atoms with Gasteiger partial charge in [-0.25, -0.2) is 4.98 Å². The van der Waals surface area contributed by atoms with Crippen molar-refractivity contribution in [2.75, 3.05) is 12.8 Å². The molecule has 0 bridgehead atoms. The molecule has 16 heavy (non-hydrogen) atoms. The van der Waals surface area contributed by atoms with E-state index in [0.29, 0.717) is 0 Å². The lowest BCUT2D eigenvalue weighted by molar-refractivity contribution is -0.275. The van der Waals surface area contributed by atoms with Gasteiger partial charge in [-0.2, -0.15) is 0 Å². The third-order valence-electron chi connectivity index (χ3n) is 1.67. The second-order valence-electron chi connectivity index (χ2n) is 2.78. The fraction of sp³-hybridized carbons (Fsp3) is 0.375. The second-order valence-corrected chi connectivity index (χ2v) is 2.78. The molecule has 0 fully saturated rings. The molecule has 0 aliphatic carbocycles. The molecule has 0 spiro atoms. The van der Waals surface area contributed by atoms with Crippen molar-refractivity contribution < 1.29 is 22.6 Å². The molecule has 1 aromatic heterocycles. The van der Waals surface area contributed by atoms with E-state index < -0.39 is 12.1 Å². The number of rotatable bonds is 3. The Balaban J connectivity index is 3.13. The normalized spacial score (nSPS) is 11.3. The maximum absolute atomic E-state index is 12.0. The van der Waals surface area contributed by atoms with Gasteiger partial charge in [0, 0.05) is 12.6 Å². The van der Waals surface area contributed by atoms with E-state index in [-0.39, 0.29) is 23.8 Å². The average Bonchev–Trinajstić information content (AvgIpc) is 2.16. The van der Waals surface area contributed by atoms with Gasteiger partial charge in [-0.05, 0) is 0 Å². The van der Waals surface area contributed by atoms with Crippen LogP contribution in [-0.2, 0) is 6.54 Å². The van der Waals surface area contributed by atoms with Crippen LogP contribution in [0.4, 0.5) is 18.9 Å². The molecule has 5 nitrogen and oxygen atoms in total. The largest absolute Gasteiger partial charge is 0.573 e. The van der Waals surface area contributed by atoms with Crippen molar-refractivity contribution in [2.45, 2.75) is 12.9 Å². The number of halogens is 3. The van der Waals surface area contributed by atoms with E-state index in [1.165, 1.54) is 7.11 Å². The molecule has 0 atom stereocenters. The van der Waals surface area contributed by atoms with E-state index in [1.54, 1.807) is 0 Å². The van der Waals surface area contributed by atoms with Gasteiger partial charge in [-0.1, -0.05) is 0 Å². The molecule has 0 saturated carbocycles. The van der Waals surface area contributed by atoms with Crippen molar-refractivity contribution in [2.24, 2.45) is 5.73 Å². The number of alkyl halides is 3. The van der Waals surface area contributed by atoms with Crippen LogP contribution in [0, 0.1) is 0 Å². The van der Waals surface area contributed by atoms with Crippen LogP contribution < -0.4 is 20.9 Å². The summed E-state index contributed by atoms with van der Waals surface area (Å²) in [6.45, 7) is -0.220. The first kappa shape index (κ1) is 12.4. The molecular weight excluding hydrogens is 227 g/mol. The van der Waals surface area contributed by atoms with Crippen LogP contribution in [-0.4, -0.2) is 18.5 Å². The first-order valence-electron chi connectivity index (χ1n) is 4.16. The zero-order valence-electron chi connectivity index (χ0n) is 8.34. The molecule has 1 rings (SSSR count). The third-order valence-corrected chi connectivity index (χ3v) is 1.67. The first-order chi connectivity index (χ1) is 7.37. The predicted molar refractivity (Wildman–Crippen MR) is 49.8 cm³/mol. The number of aromatic nitrogens is 1. The molecule has 8 heteroatoms. The highest BCUT2D eigenvalue weighted by molar-refractivity contribution is 5.53. The fourth-order valence-electron chi connectivity index (χ4n) is 1.05. The van der Waals surface area contributed by atoms with Gasteiger partial charge in [0.2, 0.25) is 5.88 Å². The summed E-state index contributed by atoms with van der Waals surface area (Å²) in [6, 6.07) is 0.974. The molecule has 90 valence electrons. The fourth-order valence-corrected chi connectivity index (χ4v) is 1.05. The standard InChI is InChI=1S/C8H10F3N3O2/c1-15-7-4(13)2-6(5(3-12)14-7)16-8(9,10)11/h2H,3,12-13H2,1H3. The van der Waals surface area contributed by atoms with Crippen molar-refractivity contribution >= 4 is 5.69 Å². The third kappa shape index (κ3) is 2.89. The highest BCUT2D eigenvalue weighted by atomic mass is 19.4. The smallest absolute Gasteiger partial charge is 0.480 e. The van der Waals surface area contributed by atoms with E-state index in [2.05, 4.69) is 9.72 Å². The number of nitrogens with two attached hydrogens (primary N) is 2. The summed E-state index contributed by atoms with van der Waals surface area (Å²) < 4.78 is 44.5. The highest BCUT2D eigenvalue weighted by Crippen LogP contribution is 2.31. The molecule has 0 aromatic carbocycles. The molecule has 0 aliphatic rings. The minimum atomic E-state index is -4.81. The zero-order chi connectivity index (χ0) is 12.3. The number of hydrogen-bond acceptors (Lipinski definition) is 5. The summed E-state index contributed by atoms with van der Waals surface area (Å²) in [6.07, 6.45) is -4.81. The lowest BCUT2D eigenvalue weighted by Gasteiger charge is -2.13. The van der Waals surface area contributed by atoms with E-state index in [0.717, 1.165) is 6.07 Å². The van der Waals surface area contributed by atoms with Gasteiger partial charge < -0.3 is 20.9 Å². The van der Waals surface area contributed by atoms with Crippen molar-refractivity contribution in [3.63, 3.8) is 0 Å². The van der Waals surface area contributed by atoms with Crippen LogP contribution >= 0.6 is 0 Å². The summed E-state index contributed by atoms with van der Waals surface area (Å²) in [5, 5.41) is 0.